The summed E-state index contributed by atoms with van der Waals surface area (Å²) >= 11 is 0. The molecule has 2 rings (SSSR count). The van der Waals surface area contributed by atoms with Gasteiger partial charge in [0.1, 0.15) is 0 Å². The quantitative estimate of drug-likeness (QED) is 0.552. The van der Waals surface area contributed by atoms with Gasteiger partial charge >= 0.3 is 0 Å². The van der Waals surface area contributed by atoms with E-state index in [0.717, 1.165) is 6.54 Å². The van der Waals surface area contributed by atoms with Crippen molar-refractivity contribution in [3.63, 3.8) is 0 Å². The molecule has 0 radical (unpaired) electrons. The van der Waals surface area contributed by atoms with E-state index in [1.165, 1.54) is 19.3 Å². The molecule has 0 aromatic heterocycles. The monoisotopic (exact) mass is 127 g/mol. The van der Waals surface area contributed by atoms with Crippen LogP contribution in [-0.4, -0.2) is 23.8 Å². The van der Waals surface area contributed by atoms with E-state index in [2.05, 4.69) is 5.32 Å². The van der Waals surface area contributed by atoms with Crippen LogP contribution in [0.3, 0.4) is 0 Å². The lowest BCUT2D eigenvalue weighted by Gasteiger charge is -2.32. The zero-order chi connectivity index (χ0) is 6.27. The van der Waals surface area contributed by atoms with E-state index in [-0.39, 0.29) is 6.10 Å². The lowest BCUT2D eigenvalue weighted by Crippen LogP contribution is -2.51. The van der Waals surface area contributed by atoms with Crippen molar-refractivity contribution in [3.05, 3.63) is 0 Å². The third kappa shape index (κ3) is 0.970. The summed E-state index contributed by atoms with van der Waals surface area (Å²) in [5, 5.41) is 12.7. The number of nitrogens with one attached hydrogen (secondary N) is 1. The molecular weight excluding hydrogens is 114 g/mol. The van der Waals surface area contributed by atoms with E-state index in [4.69, 9.17) is 0 Å². The number of aliphatic hydroxyl groups is 1. The summed E-state index contributed by atoms with van der Waals surface area (Å²) in [5.74, 6) is 0.641. The van der Waals surface area contributed by atoms with E-state index in [0.29, 0.717) is 12.0 Å². The maximum Gasteiger partial charge on any atom is 0.0721 e. The van der Waals surface area contributed by atoms with Crippen LogP contribution >= 0.6 is 0 Å². The molecule has 0 bridgehead atoms. The molecular formula is C7H13NO. The summed E-state index contributed by atoms with van der Waals surface area (Å²) < 4.78 is 0. The Kier molecular flexibility index (Phi) is 1.24. The Bertz CT molecular complexity index is 107. The van der Waals surface area contributed by atoms with Crippen molar-refractivity contribution in [1.82, 2.24) is 5.32 Å². The van der Waals surface area contributed by atoms with Crippen LogP contribution in [0.25, 0.3) is 0 Å². The van der Waals surface area contributed by atoms with Crippen LogP contribution in [0.5, 0.6) is 0 Å². The largest absolute Gasteiger partial charge is 0.391 e. The molecule has 1 saturated heterocycles. The van der Waals surface area contributed by atoms with Crippen LogP contribution in [0, 0.1) is 5.92 Å². The van der Waals surface area contributed by atoms with Crippen molar-refractivity contribution < 1.29 is 5.11 Å². The van der Waals surface area contributed by atoms with E-state index >= 15 is 0 Å². The van der Waals surface area contributed by atoms with Crippen LogP contribution in [-0.2, 0) is 0 Å². The lowest BCUT2D eigenvalue weighted by atomic mass is 9.98. The van der Waals surface area contributed by atoms with Crippen LogP contribution in [0.15, 0.2) is 0 Å². The van der Waals surface area contributed by atoms with Gasteiger partial charge in [-0.05, 0) is 31.7 Å². The van der Waals surface area contributed by atoms with Crippen molar-refractivity contribution >= 4 is 0 Å². The molecule has 2 heteroatoms. The van der Waals surface area contributed by atoms with Gasteiger partial charge in [-0.15, -0.1) is 0 Å². The summed E-state index contributed by atoms with van der Waals surface area (Å²) in [5.41, 5.74) is 0. The Morgan fingerprint density at radius 2 is 2.00 bits per heavy atom. The van der Waals surface area contributed by atoms with Crippen molar-refractivity contribution in [1.29, 1.82) is 0 Å². The molecule has 0 aromatic rings. The van der Waals surface area contributed by atoms with E-state index < -0.39 is 0 Å². The van der Waals surface area contributed by atoms with Crippen LogP contribution in [0.2, 0.25) is 0 Å². The standard InChI is InChI=1S/C7H13NO/c9-7(5-1-2-5)6-3-4-8-6/h5-9H,1-4H2. The fourth-order valence-electron chi connectivity index (χ4n) is 1.37. The predicted octanol–water partition coefficient (Wildman–Crippen LogP) is 0.119. The summed E-state index contributed by atoms with van der Waals surface area (Å²) in [6.07, 6.45) is 3.65. The molecule has 2 atom stereocenters. The SMILES string of the molecule is OC(C1CC1)C1CCN1. The minimum absolute atomic E-state index is 0.0289. The third-order valence-electron chi connectivity index (χ3n) is 2.38. The van der Waals surface area contributed by atoms with Gasteiger partial charge in [0.05, 0.1) is 6.10 Å². The Morgan fingerprint density at radius 1 is 1.33 bits per heavy atom. The molecule has 2 unspecified atom stereocenters. The Hall–Kier alpha value is -0.0800. The summed E-state index contributed by atoms with van der Waals surface area (Å²) in [6, 6.07) is 0.442. The maximum atomic E-state index is 9.45. The van der Waals surface area contributed by atoms with Gasteiger partial charge in [-0.2, -0.15) is 0 Å². The smallest absolute Gasteiger partial charge is 0.0721 e. The zero-order valence-corrected chi connectivity index (χ0v) is 5.51. The summed E-state index contributed by atoms with van der Waals surface area (Å²) in [7, 11) is 0. The minimum atomic E-state index is -0.0289. The Balaban J connectivity index is 1.81. The third-order valence-corrected chi connectivity index (χ3v) is 2.38. The zero-order valence-electron chi connectivity index (χ0n) is 5.51. The lowest BCUT2D eigenvalue weighted by molar-refractivity contribution is 0.0766. The topological polar surface area (TPSA) is 32.3 Å². The second kappa shape index (κ2) is 1.96. The van der Waals surface area contributed by atoms with Gasteiger partial charge in [-0.1, -0.05) is 0 Å². The second-order valence-electron chi connectivity index (χ2n) is 3.18. The fourth-order valence-corrected chi connectivity index (χ4v) is 1.37. The molecule has 1 aliphatic heterocycles. The van der Waals surface area contributed by atoms with Crippen molar-refractivity contribution in [3.8, 4) is 0 Å². The number of hydrogen-bond donors (Lipinski definition) is 2. The van der Waals surface area contributed by atoms with Gasteiger partial charge < -0.3 is 10.4 Å². The van der Waals surface area contributed by atoms with Gasteiger partial charge in [-0.25, -0.2) is 0 Å². The average Bonchev–Trinajstić information content (AvgIpc) is 2.37. The molecule has 52 valence electrons. The molecule has 2 N–H and O–H groups in total. The number of aliphatic hydroxyl groups excluding tert-OH is 1. The van der Waals surface area contributed by atoms with Crippen molar-refractivity contribution in [2.24, 2.45) is 5.92 Å². The highest BCUT2D eigenvalue weighted by Gasteiger charge is 2.37. The average molecular weight is 127 g/mol. The number of hydrogen-bond acceptors (Lipinski definition) is 2. The molecule has 9 heavy (non-hydrogen) atoms. The fraction of sp³-hybridized carbons (Fsp3) is 1.00. The molecule has 1 heterocycles. The van der Waals surface area contributed by atoms with E-state index in [9.17, 15) is 5.11 Å². The predicted molar refractivity (Wildman–Crippen MR) is 35.1 cm³/mol. The minimum Gasteiger partial charge on any atom is -0.391 e. The van der Waals surface area contributed by atoms with E-state index in [1.54, 1.807) is 0 Å². The first kappa shape index (κ1) is 5.69. The molecule has 1 aliphatic carbocycles. The van der Waals surface area contributed by atoms with Gasteiger partial charge in [0.25, 0.3) is 0 Å². The van der Waals surface area contributed by atoms with Crippen molar-refractivity contribution in [2.45, 2.75) is 31.4 Å². The van der Waals surface area contributed by atoms with Crippen molar-refractivity contribution in [2.75, 3.05) is 6.54 Å². The van der Waals surface area contributed by atoms with Gasteiger partial charge in [0, 0.05) is 6.04 Å². The normalized spacial score (nSPS) is 37.7. The van der Waals surface area contributed by atoms with E-state index in [1.807, 2.05) is 0 Å². The van der Waals surface area contributed by atoms with Crippen LogP contribution < -0.4 is 5.32 Å². The molecule has 2 fully saturated rings. The highest BCUT2D eigenvalue weighted by atomic mass is 16.3. The highest BCUT2D eigenvalue weighted by molar-refractivity contribution is 4.93. The Morgan fingerprint density at radius 3 is 2.33 bits per heavy atom. The molecule has 2 aliphatic rings. The first-order valence-corrected chi connectivity index (χ1v) is 3.79. The first-order chi connectivity index (χ1) is 4.38. The number of rotatable bonds is 2. The molecule has 1 saturated carbocycles. The van der Waals surface area contributed by atoms with Gasteiger partial charge in [0.15, 0.2) is 0 Å². The van der Waals surface area contributed by atoms with Gasteiger partial charge in [-0.3, -0.25) is 0 Å². The second-order valence-corrected chi connectivity index (χ2v) is 3.18. The maximum absolute atomic E-state index is 9.45. The summed E-state index contributed by atoms with van der Waals surface area (Å²) in [4.78, 5) is 0. The molecule has 0 aromatic carbocycles. The summed E-state index contributed by atoms with van der Waals surface area (Å²) in [6.45, 7) is 1.11. The van der Waals surface area contributed by atoms with Crippen LogP contribution in [0.1, 0.15) is 19.3 Å². The Labute approximate surface area is 55.3 Å². The molecule has 0 spiro atoms. The molecule has 0 amide bonds. The van der Waals surface area contributed by atoms with Crippen LogP contribution in [0.4, 0.5) is 0 Å². The first-order valence-electron chi connectivity index (χ1n) is 3.79. The van der Waals surface area contributed by atoms with Gasteiger partial charge in [0.2, 0.25) is 0 Å². The highest BCUT2D eigenvalue weighted by Crippen LogP contribution is 2.35. The molecule has 2 nitrogen and oxygen atoms in total.